The van der Waals surface area contributed by atoms with Crippen molar-refractivity contribution in [1.29, 1.82) is 0 Å². The molecule has 1 atom stereocenters. The van der Waals surface area contributed by atoms with Crippen molar-refractivity contribution in [2.45, 2.75) is 64.9 Å². The Bertz CT molecular complexity index is 1530. The van der Waals surface area contributed by atoms with Gasteiger partial charge in [0.05, 0.1) is 32.9 Å². The second-order valence-electron chi connectivity index (χ2n) is 12.0. The lowest BCUT2D eigenvalue weighted by atomic mass is 9.70. The number of allylic oxidation sites excluding steroid dienone is 2. The van der Waals surface area contributed by atoms with Crippen molar-refractivity contribution in [3.63, 3.8) is 0 Å². The van der Waals surface area contributed by atoms with Gasteiger partial charge in [0.25, 0.3) is 0 Å². The van der Waals surface area contributed by atoms with E-state index < -0.39 is 21.2 Å². The minimum atomic E-state index is -2.95. The molecule has 1 unspecified atom stereocenters. The van der Waals surface area contributed by atoms with Gasteiger partial charge in [-0.2, -0.15) is 0 Å². The van der Waals surface area contributed by atoms with Crippen LogP contribution in [-0.4, -0.2) is 47.6 Å². The number of pyridine rings is 1. The SMILES string of the molecule is CC(C)(C(=O)O)C1CCC(Oc2cc3nc(-c4ccc(C5=CCC(CS(C)(=O)=O)CC5)cc4)c(Cl)cc3[nH]2)CC1. The molecular weight excluding hydrogens is 548 g/mol. The highest BCUT2D eigenvalue weighted by atomic mass is 35.5. The summed E-state index contributed by atoms with van der Waals surface area (Å²) in [6.45, 7) is 3.62. The minimum Gasteiger partial charge on any atom is -0.481 e. The zero-order valence-corrected chi connectivity index (χ0v) is 24.8. The number of hydrogen-bond donors (Lipinski definition) is 2. The Morgan fingerprint density at radius 1 is 1.10 bits per heavy atom. The third kappa shape index (κ3) is 6.39. The molecule has 0 saturated heterocycles. The minimum absolute atomic E-state index is 0.0344. The summed E-state index contributed by atoms with van der Waals surface area (Å²) < 4.78 is 29.5. The Morgan fingerprint density at radius 3 is 2.38 bits per heavy atom. The van der Waals surface area contributed by atoms with Gasteiger partial charge in [-0.25, -0.2) is 13.4 Å². The van der Waals surface area contributed by atoms with E-state index >= 15 is 0 Å². The number of aromatic amines is 1. The van der Waals surface area contributed by atoms with Crippen molar-refractivity contribution in [2.24, 2.45) is 17.3 Å². The zero-order valence-electron chi connectivity index (χ0n) is 23.2. The summed E-state index contributed by atoms with van der Waals surface area (Å²) >= 11 is 6.65. The maximum atomic E-state index is 11.6. The monoisotopic (exact) mass is 584 g/mol. The molecule has 0 amide bonds. The number of aliphatic carboxylic acids is 1. The largest absolute Gasteiger partial charge is 0.481 e. The number of ether oxygens (including phenoxy) is 1. The number of benzene rings is 1. The first kappa shape index (κ1) is 28.7. The fourth-order valence-corrected chi connectivity index (χ4v) is 7.52. The first-order valence-corrected chi connectivity index (χ1v) is 16.4. The van der Waals surface area contributed by atoms with Gasteiger partial charge in [-0.3, -0.25) is 4.79 Å². The van der Waals surface area contributed by atoms with Gasteiger partial charge in [0, 0.05) is 17.9 Å². The summed E-state index contributed by atoms with van der Waals surface area (Å²) in [4.78, 5) is 19.7. The van der Waals surface area contributed by atoms with E-state index in [-0.39, 0.29) is 23.7 Å². The fraction of sp³-hybridized carbons (Fsp3) is 0.484. The molecule has 2 aliphatic carbocycles. The average molecular weight is 585 g/mol. The second kappa shape index (κ2) is 11.2. The topological polar surface area (TPSA) is 109 Å². The third-order valence-corrected chi connectivity index (χ3v) is 10.0. The molecule has 1 aromatic carbocycles. The van der Waals surface area contributed by atoms with Gasteiger partial charge in [-0.1, -0.05) is 41.9 Å². The van der Waals surface area contributed by atoms with Crippen LogP contribution < -0.4 is 4.74 Å². The van der Waals surface area contributed by atoms with E-state index in [1.165, 1.54) is 11.8 Å². The molecule has 2 heterocycles. The van der Waals surface area contributed by atoms with Crippen molar-refractivity contribution in [3.8, 4) is 17.1 Å². The summed E-state index contributed by atoms with van der Waals surface area (Å²) in [6, 6.07) is 12.0. The summed E-state index contributed by atoms with van der Waals surface area (Å²) in [7, 11) is -2.95. The number of carboxylic acids is 1. The van der Waals surface area contributed by atoms with Crippen LogP contribution in [0.4, 0.5) is 0 Å². The highest BCUT2D eigenvalue weighted by molar-refractivity contribution is 7.90. The highest BCUT2D eigenvalue weighted by Gasteiger charge is 2.39. The van der Waals surface area contributed by atoms with E-state index in [1.54, 1.807) is 0 Å². The lowest BCUT2D eigenvalue weighted by Crippen LogP contribution is -2.37. The number of fused-ring (bicyclic) bond motifs is 1. The maximum absolute atomic E-state index is 11.6. The number of carbonyl (C=O) groups is 1. The Labute approximate surface area is 240 Å². The van der Waals surface area contributed by atoms with Crippen LogP contribution in [-0.2, 0) is 14.6 Å². The van der Waals surface area contributed by atoms with Gasteiger partial charge in [0.2, 0.25) is 0 Å². The van der Waals surface area contributed by atoms with Gasteiger partial charge >= 0.3 is 5.97 Å². The molecule has 2 N–H and O–H groups in total. The van der Waals surface area contributed by atoms with Crippen LogP contribution in [0.3, 0.4) is 0 Å². The average Bonchev–Trinajstić information content (AvgIpc) is 3.29. The van der Waals surface area contributed by atoms with E-state index in [2.05, 4.69) is 23.2 Å². The molecule has 40 heavy (non-hydrogen) atoms. The highest BCUT2D eigenvalue weighted by Crippen LogP contribution is 2.40. The number of nitrogens with one attached hydrogen (secondary N) is 1. The summed E-state index contributed by atoms with van der Waals surface area (Å²) in [5.74, 6) is 0.494. The molecule has 3 aromatic rings. The predicted octanol–water partition coefficient (Wildman–Crippen LogP) is 7.16. The zero-order chi connectivity index (χ0) is 28.7. The molecule has 7 nitrogen and oxygen atoms in total. The van der Waals surface area contributed by atoms with Crippen LogP contribution >= 0.6 is 11.6 Å². The Hall–Kier alpha value is -2.84. The summed E-state index contributed by atoms with van der Waals surface area (Å²) in [6.07, 6.45) is 9.33. The van der Waals surface area contributed by atoms with Crippen LogP contribution in [0.15, 0.2) is 42.5 Å². The van der Waals surface area contributed by atoms with Crippen molar-refractivity contribution in [2.75, 3.05) is 12.0 Å². The van der Waals surface area contributed by atoms with Gasteiger partial charge in [0.15, 0.2) is 5.88 Å². The van der Waals surface area contributed by atoms with Crippen molar-refractivity contribution in [3.05, 3.63) is 53.1 Å². The van der Waals surface area contributed by atoms with Crippen LogP contribution in [0.5, 0.6) is 5.88 Å². The lowest BCUT2D eigenvalue weighted by Gasteiger charge is -2.36. The smallest absolute Gasteiger partial charge is 0.309 e. The number of sulfone groups is 1. The number of halogens is 1. The second-order valence-corrected chi connectivity index (χ2v) is 14.6. The normalized spacial score (nSPS) is 22.2. The molecule has 214 valence electrons. The van der Waals surface area contributed by atoms with E-state index in [1.807, 2.05) is 38.1 Å². The molecule has 0 aliphatic heterocycles. The van der Waals surface area contributed by atoms with E-state index in [0.29, 0.717) is 16.6 Å². The summed E-state index contributed by atoms with van der Waals surface area (Å²) in [5.41, 5.74) is 4.86. The predicted molar refractivity (Wildman–Crippen MR) is 159 cm³/mol. The van der Waals surface area contributed by atoms with Gasteiger partial charge in [-0.15, -0.1) is 0 Å². The molecule has 5 rings (SSSR count). The number of aromatic nitrogens is 2. The number of rotatable bonds is 8. The number of carboxylic acid groups (broad SMARTS) is 1. The molecule has 0 spiro atoms. The fourth-order valence-electron chi connectivity index (χ4n) is 6.10. The lowest BCUT2D eigenvalue weighted by molar-refractivity contribution is -0.151. The van der Waals surface area contributed by atoms with Crippen molar-refractivity contribution < 1.29 is 23.1 Å². The van der Waals surface area contributed by atoms with E-state index in [4.69, 9.17) is 21.3 Å². The first-order chi connectivity index (χ1) is 18.9. The van der Waals surface area contributed by atoms with E-state index in [0.717, 1.165) is 67.1 Å². The van der Waals surface area contributed by atoms with E-state index in [9.17, 15) is 18.3 Å². The van der Waals surface area contributed by atoms with Gasteiger partial charge in [0.1, 0.15) is 15.9 Å². The third-order valence-electron chi connectivity index (χ3n) is 8.66. The Kier molecular flexibility index (Phi) is 8.03. The number of nitrogens with zero attached hydrogens (tertiary/aromatic N) is 1. The molecule has 0 radical (unpaired) electrons. The Balaban J connectivity index is 1.25. The maximum Gasteiger partial charge on any atom is 0.309 e. The molecule has 1 saturated carbocycles. The molecular formula is C31H37ClN2O5S. The molecule has 9 heteroatoms. The number of H-pyrrole nitrogens is 1. The van der Waals surface area contributed by atoms with Crippen LogP contribution in [0.1, 0.15) is 64.4 Å². The Morgan fingerprint density at radius 2 is 1.77 bits per heavy atom. The number of hydrogen-bond acceptors (Lipinski definition) is 5. The molecule has 1 fully saturated rings. The molecule has 0 bridgehead atoms. The van der Waals surface area contributed by atoms with Crippen LogP contribution in [0.2, 0.25) is 5.02 Å². The van der Waals surface area contributed by atoms with Crippen molar-refractivity contribution >= 4 is 44.0 Å². The molecule has 2 aliphatic rings. The van der Waals surface area contributed by atoms with Crippen LogP contribution in [0.25, 0.3) is 27.9 Å². The molecule has 2 aromatic heterocycles. The van der Waals surface area contributed by atoms with Crippen molar-refractivity contribution in [1.82, 2.24) is 9.97 Å². The van der Waals surface area contributed by atoms with Crippen LogP contribution in [0, 0.1) is 17.3 Å². The quantitative estimate of drug-likeness (QED) is 0.291. The standard InChI is InChI=1S/C31H37ClN2O5S/c1-31(2,30(35)36)23-12-14-24(15-13-23)39-28-17-27-26(33-28)16-25(32)29(34-27)22-10-8-21(9-11-22)20-6-4-19(5-7-20)18-40(3,37)38/h6,8-11,16-17,19,23-24,33H,4-5,7,12-15,18H2,1-3H3,(H,35,36). The summed E-state index contributed by atoms with van der Waals surface area (Å²) in [5, 5.41) is 10.1. The van der Waals surface area contributed by atoms with Gasteiger partial charge < -0.3 is 14.8 Å². The van der Waals surface area contributed by atoms with Gasteiger partial charge in [-0.05, 0) is 87.8 Å². The first-order valence-electron chi connectivity index (χ1n) is 14.0.